The summed E-state index contributed by atoms with van der Waals surface area (Å²) in [7, 11) is 0. The zero-order valence-electron chi connectivity index (χ0n) is 9.29. The predicted octanol–water partition coefficient (Wildman–Crippen LogP) is 3.46. The summed E-state index contributed by atoms with van der Waals surface area (Å²) in [6.45, 7) is 1.78. The summed E-state index contributed by atoms with van der Waals surface area (Å²) < 4.78 is 35.9. The van der Waals surface area contributed by atoms with Crippen LogP contribution >= 0.6 is 12.4 Å². The van der Waals surface area contributed by atoms with E-state index in [1.165, 1.54) is 6.07 Å². The molecular weight excluding hydrogens is 255 g/mol. The molecule has 0 aliphatic rings. The average molecular weight is 270 g/mol. The molecular formula is C11H15ClF3NO. The molecule has 0 bridgehead atoms. The molecule has 0 aliphatic carbocycles. The molecule has 1 rings (SSSR count). The van der Waals surface area contributed by atoms with Crippen molar-refractivity contribution < 1.29 is 18.3 Å². The minimum Gasteiger partial charge on any atom is -0.508 e. The van der Waals surface area contributed by atoms with Gasteiger partial charge in [0, 0.05) is 18.0 Å². The van der Waals surface area contributed by atoms with E-state index in [-0.39, 0.29) is 24.6 Å². The van der Waals surface area contributed by atoms with Crippen LogP contribution in [-0.2, 0) is 0 Å². The average Bonchev–Trinajstić information content (AvgIpc) is 2.13. The van der Waals surface area contributed by atoms with Crippen molar-refractivity contribution in [3.05, 3.63) is 29.3 Å². The second kappa shape index (κ2) is 6.12. The maximum absolute atomic E-state index is 12.0. The molecule has 3 N–H and O–H groups in total. The van der Waals surface area contributed by atoms with Gasteiger partial charge < -0.3 is 10.8 Å². The minimum atomic E-state index is -4.21. The standard InChI is InChI=1S/C11H14F3NO.ClH/c1-7-2-3-8(10(16)6-7)9(15)4-5-11(12,13)14;/h2-3,6,9,16H,4-5,15H2,1H3;1H/t9-;/m1./s1. The first kappa shape index (κ1) is 16.1. The molecule has 6 heteroatoms. The van der Waals surface area contributed by atoms with Gasteiger partial charge in [0.2, 0.25) is 0 Å². The van der Waals surface area contributed by atoms with Gasteiger partial charge in [0.15, 0.2) is 0 Å². The number of benzene rings is 1. The molecule has 0 unspecified atom stereocenters. The molecule has 1 aromatic carbocycles. The van der Waals surface area contributed by atoms with Gasteiger partial charge in [-0.15, -0.1) is 12.4 Å². The Bertz CT molecular complexity index is 368. The van der Waals surface area contributed by atoms with Crippen molar-refractivity contribution >= 4 is 12.4 Å². The summed E-state index contributed by atoms with van der Waals surface area (Å²) in [6, 6.07) is 3.97. The van der Waals surface area contributed by atoms with Gasteiger partial charge in [-0.1, -0.05) is 12.1 Å². The molecule has 0 saturated carbocycles. The summed E-state index contributed by atoms with van der Waals surface area (Å²) >= 11 is 0. The highest BCUT2D eigenvalue weighted by molar-refractivity contribution is 5.85. The number of aromatic hydroxyl groups is 1. The van der Waals surface area contributed by atoms with Crippen LogP contribution in [0.1, 0.15) is 30.0 Å². The molecule has 0 radical (unpaired) electrons. The van der Waals surface area contributed by atoms with E-state index in [1.54, 1.807) is 19.1 Å². The number of halogens is 4. The molecule has 98 valence electrons. The quantitative estimate of drug-likeness (QED) is 0.883. The van der Waals surface area contributed by atoms with Gasteiger partial charge in [0.05, 0.1) is 0 Å². The van der Waals surface area contributed by atoms with Gasteiger partial charge in [0.25, 0.3) is 0 Å². The molecule has 1 atom stereocenters. The number of rotatable bonds is 3. The molecule has 2 nitrogen and oxygen atoms in total. The van der Waals surface area contributed by atoms with Crippen molar-refractivity contribution in [3.8, 4) is 5.75 Å². The third kappa shape index (κ3) is 5.28. The van der Waals surface area contributed by atoms with Crippen LogP contribution in [0.2, 0.25) is 0 Å². The SMILES string of the molecule is Cc1ccc([C@H](N)CCC(F)(F)F)c(O)c1.Cl. The fourth-order valence-corrected chi connectivity index (χ4v) is 1.44. The number of aryl methyl sites for hydroxylation is 1. The van der Waals surface area contributed by atoms with Crippen LogP contribution in [0.5, 0.6) is 5.75 Å². The van der Waals surface area contributed by atoms with Crippen LogP contribution in [0, 0.1) is 6.92 Å². The van der Waals surface area contributed by atoms with E-state index in [1.807, 2.05) is 0 Å². The van der Waals surface area contributed by atoms with E-state index < -0.39 is 18.6 Å². The second-order valence-corrected chi connectivity index (χ2v) is 3.82. The molecule has 17 heavy (non-hydrogen) atoms. The number of alkyl halides is 3. The highest BCUT2D eigenvalue weighted by Gasteiger charge is 2.28. The lowest BCUT2D eigenvalue weighted by Gasteiger charge is -2.15. The van der Waals surface area contributed by atoms with E-state index in [0.717, 1.165) is 5.56 Å². The smallest absolute Gasteiger partial charge is 0.389 e. The molecule has 1 aromatic rings. The number of hydrogen-bond acceptors (Lipinski definition) is 2. The first-order chi connectivity index (χ1) is 7.29. The van der Waals surface area contributed by atoms with Crippen LogP contribution in [0.25, 0.3) is 0 Å². The number of nitrogens with two attached hydrogens (primary N) is 1. The van der Waals surface area contributed by atoms with E-state index >= 15 is 0 Å². The fourth-order valence-electron chi connectivity index (χ4n) is 1.44. The van der Waals surface area contributed by atoms with Gasteiger partial charge in [-0.3, -0.25) is 0 Å². The fraction of sp³-hybridized carbons (Fsp3) is 0.455. The summed E-state index contributed by atoms with van der Waals surface area (Å²) in [6.07, 6.45) is -5.38. The molecule has 0 amide bonds. The topological polar surface area (TPSA) is 46.2 Å². The van der Waals surface area contributed by atoms with Crippen molar-refractivity contribution in [3.63, 3.8) is 0 Å². The van der Waals surface area contributed by atoms with Crippen molar-refractivity contribution in [1.29, 1.82) is 0 Å². The third-order valence-electron chi connectivity index (χ3n) is 2.32. The van der Waals surface area contributed by atoms with Gasteiger partial charge in [-0.25, -0.2) is 0 Å². The Labute approximate surface area is 104 Å². The highest BCUT2D eigenvalue weighted by atomic mass is 35.5. The van der Waals surface area contributed by atoms with E-state index in [0.29, 0.717) is 5.56 Å². The van der Waals surface area contributed by atoms with Crippen molar-refractivity contribution in [2.75, 3.05) is 0 Å². The minimum absolute atomic E-state index is 0. The van der Waals surface area contributed by atoms with Crippen LogP contribution in [0.15, 0.2) is 18.2 Å². The molecule has 0 heterocycles. The predicted molar refractivity (Wildman–Crippen MR) is 62.3 cm³/mol. The monoisotopic (exact) mass is 269 g/mol. The lowest BCUT2D eigenvalue weighted by atomic mass is 10.0. The Kier molecular flexibility index (Phi) is 5.78. The summed E-state index contributed by atoms with van der Waals surface area (Å²) in [5.41, 5.74) is 6.79. The number of phenolic OH excluding ortho intramolecular Hbond substituents is 1. The van der Waals surface area contributed by atoms with Crippen LogP contribution in [0.3, 0.4) is 0 Å². The molecule has 0 aliphatic heterocycles. The first-order valence-electron chi connectivity index (χ1n) is 4.91. The van der Waals surface area contributed by atoms with Gasteiger partial charge in [-0.05, 0) is 25.0 Å². The summed E-state index contributed by atoms with van der Waals surface area (Å²) in [4.78, 5) is 0. The van der Waals surface area contributed by atoms with Gasteiger partial charge in [-0.2, -0.15) is 13.2 Å². The number of phenols is 1. The van der Waals surface area contributed by atoms with Crippen molar-refractivity contribution in [2.24, 2.45) is 5.73 Å². The number of hydrogen-bond donors (Lipinski definition) is 2. The Hall–Kier alpha value is -0.940. The highest BCUT2D eigenvalue weighted by Crippen LogP contribution is 2.30. The molecule has 0 aromatic heterocycles. The molecule has 0 spiro atoms. The summed E-state index contributed by atoms with van der Waals surface area (Å²) in [5, 5.41) is 9.53. The Morgan fingerprint density at radius 2 is 1.94 bits per heavy atom. The van der Waals surface area contributed by atoms with Crippen molar-refractivity contribution in [2.45, 2.75) is 32.0 Å². The van der Waals surface area contributed by atoms with Crippen LogP contribution in [-0.4, -0.2) is 11.3 Å². The van der Waals surface area contributed by atoms with Gasteiger partial charge in [0.1, 0.15) is 5.75 Å². The maximum Gasteiger partial charge on any atom is 0.389 e. The van der Waals surface area contributed by atoms with E-state index in [4.69, 9.17) is 5.73 Å². The van der Waals surface area contributed by atoms with Crippen molar-refractivity contribution in [1.82, 2.24) is 0 Å². The first-order valence-corrected chi connectivity index (χ1v) is 4.91. The molecule has 0 saturated heterocycles. The zero-order valence-corrected chi connectivity index (χ0v) is 10.1. The second-order valence-electron chi connectivity index (χ2n) is 3.82. The lowest BCUT2D eigenvalue weighted by Crippen LogP contribution is -2.15. The Morgan fingerprint density at radius 3 is 2.41 bits per heavy atom. The van der Waals surface area contributed by atoms with Crippen LogP contribution in [0.4, 0.5) is 13.2 Å². The van der Waals surface area contributed by atoms with Gasteiger partial charge >= 0.3 is 6.18 Å². The lowest BCUT2D eigenvalue weighted by molar-refractivity contribution is -0.136. The zero-order chi connectivity index (χ0) is 12.3. The molecule has 0 fully saturated rings. The summed E-state index contributed by atoms with van der Waals surface area (Å²) in [5.74, 6) is -0.0466. The third-order valence-corrected chi connectivity index (χ3v) is 2.32. The van der Waals surface area contributed by atoms with Crippen LogP contribution < -0.4 is 5.73 Å². The largest absolute Gasteiger partial charge is 0.508 e. The Morgan fingerprint density at radius 1 is 1.35 bits per heavy atom. The normalized spacial score (nSPS) is 13.0. The van der Waals surface area contributed by atoms with E-state index in [2.05, 4.69) is 0 Å². The maximum atomic E-state index is 12.0. The Balaban J connectivity index is 0.00000256. The van der Waals surface area contributed by atoms with E-state index in [9.17, 15) is 18.3 Å².